The van der Waals surface area contributed by atoms with Gasteiger partial charge in [-0.1, -0.05) is 19.1 Å². The zero-order valence-electron chi connectivity index (χ0n) is 20.2. The first-order valence-electron chi connectivity index (χ1n) is 11.7. The molecule has 0 saturated carbocycles. The molecule has 1 heterocycles. The first-order chi connectivity index (χ1) is 17.4. The minimum atomic E-state index is -1.94. The van der Waals surface area contributed by atoms with Crippen molar-refractivity contribution in [1.82, 2.24) is 21.3 Å². The van der Waals surface area contributed by atoms with E-state index >= 15 is 0 Å². The lowest BCUT2D eigenvalue weighted by atomic mass is 9.95. The monoisotopic (exact) mass is 498 g/mol. The second-order valence-corrected chi connectivity index (χ2v) is 7.94. The number of benzene rings is 2. The second-order valence-electron chi connectivity index (χ2n) is 7.94. The molecular weight excluding hydrogens is 468 g/mol. The summed E-state index contributed by atoms with van der Waals surface area (Å²) >= 11 is 0. The Morgan fingerprint density at radius 2 is 1.44 bits per heavy atom. The predicted octanol–water partition coefficient (Wildman–Crippen LogP) is 2.60. The smallest absolute Gasteiger partial charge is 0.328 e. The molecule has 1 fully saturated rings. The molecule has 3 rings (SSSR count). The summed E-state index contributed by atoms with van der Waals surface area (Å²) in [6.07, 6.45) is 0.790. The van der Waals surface area contributed by atoms with Gasteiger partial charge in [0.15, 0.2) is 0 Å². The zero-order valence-corrected chi connectivity index (χ0v) is 20.2. The van der Waals surface area contributed by atoms with Gasteiger partial charge < -0.3 is 24.8 Å². The van der Waals surface area contributed by atoms with Gasteiger partial charge in [0, 0.05) is 26.1 Å². The van der Waals surface area contributed by atoms with Crippen molar-refractivity contribution in [2.45, 2.75) is 38.8 Å². The Morgan fingerprint density at radius 1 is 0.861 bits per heavy atom. The highest BCUT2D eigenvalue weighted by molar-refractivity contribution is 6.21. The maximum Gasteiger partial charge on any atom is 0.328 e. The summed E-state index contributed by atoms with van der Waals surface area (Å²) < 4.78 is 16.9. The van der Waals surface area contributed by atoms with Gasteiger partial charge in [-0.15, -0.1) is 0 Å². The zero-order chi connectivity index (χ0) is 26.0. The predicted molar refractivity (Wildman–Crippen MR) is 130 cm³/mol. The minimum absolute atomic E-state index is 0.0779. The third-order valence-electron chi connectivity index (χ3n) is 5.25. The van der Waals surface area contributed by atoms with E-state index in [-0.39, 0.29) is 24.8 Å². The number of carbonyl (C=O) groups is 4. The lowest BCUT2D eigenvalue weighted by molar-refractivity contribution is -0.153. The van der Waals surface area contributed by atoms with Crippen molar-refractivity contribution in [2.24, 2.45) is 0 Å². The van der Waals surface area contributed by atoms with Crippen molar-refractivity contribution in [3.63, 3.8) is 0 Å². The number of hydrogen-bond donors (Lipinski definition) is 4. The Bertz CT molecular complexity index is 1050. The molecule has 0 aliphatic carbocycles. The number of carbonyl (C=O) groups excluding carboxylic acids is 4. The Labute approximate surface area is 208 Å². The van der Waals surface area contributed by atoms with Crippen LogP contribution < -0.4 is 30.7 Å². The van der Waals surface area contributed by atoms with Crippen LogP contribution in [-0.2, 0) is 20.9 Å². The molecule has 6 amide bonds. The maximum absolute atomic E-state index is 12.6. The van der Waals surface area contributed by atoms with Gasteiger partial charge in [-0.05, 0) is 55.3 Å². The van der Waals surface area contributed by atoms with E-state index in [1.807, 2.05) is 19.1 Å². The summed E-state index contributed by atoms with van der Waals surface area (Å²) in [5, 5.41) is 9.69. The van der Waals surface area contributed by atoms with Crippen LogP contribution in [0.4, 0.5) is 9.59 Å². The van der Waals surface area contributed by atoms with Gasteiger partial charge >= 0.3 is 12.1 Å². The van der Waals surface area contributed by atoms with Gasteiger partial charge in [0.05, 0.1) is 6.61 Å². The summed E-state index contributed by atoms with van der Waals surface area (Å²) in [6.45, 7) is 5.26. The topological polar surface area (TPSA) is 144 Å². The fraction of sp³-hybridized carbons (Fsp3) is 0.360. The number of imide groups is 2. The molecule has 36 heavy (non-hydrogen) atoms. The van der Waals surface area contributed by atoms with E-state index in [9.17, 15) is 19.2 Å². The lowest BCUT2D eigenvalue weighted by Crippen LogP contribution is -2.69. The second kappa shape index (κ2) is 12.5. The van der Waals surface area contributed by atoms with Crippen molar-refractivity contribution in [3.8, 4) is 17.2 Å². The average molecular weight is 499 g/mol. The molecular formula is C25H30N4O7. The Morgan fingerprint density at radius 3 is 2.03 bits per heavy atom. The Hall–Kier alpha value is -4.12. The van der Waals surface area contributed by atoms with Crippen LogP contribution in [0.5, 0.6) is 17.2 Å². The molecule has 1 aliphatic heterocycles. The molecule has 1 aliphatic rings. The van der Waals surface area contributed by atoms with Gasteiger partial charge in [0.2, 0.25) is 0 Å². The van der Waals surface area contributed by atoms with Crippen molar-refractivity contribution < 1.29 is 33.4 Å². The van der Waals surface area contributed by atoms with Crippen LogP contribution in [0.3, 0.4) is 0 Å². The summed E-state index contributed by atoms with van der Waals surface area (Å²) in [6, 6.07) is 12.5. The number of barbiturate groups is 1. The molecule has 1 saturated heterocycles. The molecule has 11 nitrogen and oxygen atoms in total. The molecule has 192 valence electrons. The standard InChI is InChI=1S/C25H30N4O7/c1-3-14-26-23(32)27-16-17-5-7-18(8-6-17)35-19-9-11-20(12-10-19)36-25(13-15-34-4-2)21(30)28-24(33)29-22(25)31/h5-12H,3-4,13-16H2,1-2H3,(H2,26,27,32)(H2,28,29,30,31,33). The molecule has 0 bridgehead atoms. The van der Waals surface area contributed by atoms with E-state index in [1.54, 1.807) is 43.3 Å². The van der Waals surface area contributed by atoms with Gasteiger partial charge in [0.25, 0.3) is 17.4 Å². The van der Waals surface area contributed by atoms with E-state index in [0.29, 0.717) is 31.2 Å². The molecule has 0 atom stereocenters. The van der Waals surface area contributed by atoms with E-state index in [0.717, 1.165) is 12.0 Å². The first kappa shape index (κ1) is 26.5. The van der Waals surface area contributed by atoms with Gasteiger partial charge in [-0.3, -0.25) is 20.2 Å². The molecule has 0 radical (unpaired) electrons. The quantitative estimate of drug-likeness (QED) is 0.260. The summed E-state index contributed by atoms with van der Waals surface area (Å²) in [5.41, 5.74) is -1.03. The summed E-state index contributed by atoms with van der Waals surface area (Å²) in [4.78, 5) is 48.3. The highest BCUT2D eigenvalue weighted by Crippen LogP contribution is 2.28. The van der Waals surface area contributed by atoms with Gasteiger partial charge in [-0.2, -0.15) is 0 Å². The number of urea groups is 2. The number of hydrogen-bond acceptors (Lipinski definition) is 7. The van der Waals surface area contributed by atoms with Gasteiger partial charge in [-0.25, -0.2) is 9.59 Å². The minimum Gasteiger partial charge on any atom is -0.467 e. The fourth-order valence-electron chi connectivity index (χ4n) is 3.35. The maximum atomic E-state index is 12.6. The van der Waals surface area contributed by atoms with Crippen LogP contribution >= 0.6 is 0 Å². The van der Waals surface area contributed by atoms with E-state index < -0.39 is 23.4 Å². The van der Waals surface area contributed by atoms with E-state index in [1.165, 1.54) is 0 Å². The third-order valence-corrected chi connectivity index (χ3v) is 5.25. The number of nitrogens with one attached hydrogen (secondary N) is 4. The van der Waals surface area contributed by atoms with Crippen molar-refractivity contribution in [3.05, 3.63) is 54.1 Å². The molecule has 2 aromatic rings. The van der Waals surface area contributed by atoms with Crippen LogP contribution in [0.1, 0.15) is 32.3 Å². The molecule has 0 unspecified atom stereocenters. The third kappa shape index (κ3) is 6.95. The lowest BCUT2D eigenvalue weighted by Gasteiger charge is -2.34. The van der Waals surface area contributed by atoms with Crippen LogP contribution in [0.15, 0.2) is 48.5 Å². The number of amides is 6. The molecule has 4 N–H and O–H groups in total. The average Bonchev–Trinajstić information content (AvgIpc) is 2.86. The highest BCUT2D eigenvalue weighted by Gasteiger charge is 2.52. The summed E-state index contributed by atoms with van der Waals surface area (Å²) in [5.74, 6) is -0.382. The number of ether oxygens (including phenoxy) is 3. The van der Waals surface area contributed by atoms with Crippen LogP contribution in [-0.4, -0.2) is 49.2 Å². The normalized spacial score (nSPS) is 14.4. The van der Waals surface area contributed by atoms with Crippen LogP contribution in [0.2, 0.25) is 0 Å². The van der Waals surface area contributed by atoms with Crippen LogP contribution in [0.25, 0.3) is 0 Å². The van der Waals surface area contributed by atoms with Crippen molar-refractivity contribution >= 4 is 23.9 Å². The number of rotatable bonds is 12. The SMILES string of the molecule is CCCNC(=O)NCc1ccc(Oc2ccc(OC3(CCOCC)C(=O)NC(=O)NC3=O)cc2)cc1. The molecule has 11 heteroatoms. The highest BCUT2D eigenvalue weighted by atomic mass is 16.5. The van der Waals surface area contributed by atoms with E-state index in [4.69, 9.17) is 14.2 Å². The molecule has 2 aromatic carbocycles. The molecule has 0 aromatic heterocycles. The van der Waals surface area contributed by atoms with Crippen molar-refractivity contribution in [2.75, 3.05) is 19.8 Å². The largest absolute Gasteiger partial charge is 0.467 e. The van der Waals surface area contributed by atoms with Crippen LogP contribution in [0, 0.1) is 0 Å². The Kier molecular flexibility index (Phi) is 9.23. The fourth-order valence-corrected chi connectivity index (χ4v) is 3.35. The van der Waals surface area contributed by atoms with Gasteiger partial charge in [0.1, 0.15) is 17.2 Å². The van der Waals surface area contributed by atoms with Crippen molar-refractivity contribution in [1.29, 1.82) is 0 Å². The first-order valence-corrected chi connectivity index (χ1v) is 11.7. The van der Waals surface area contributed by atoms with E-state index in [2.05, 4.69) is 21.3 Å². The molecule has 0 spiro atoms. The Balaban J connectivity index is 1.61. The summed E-state index contributed by atoms with van der Waals surface area (Å²) in [7, 11) is 0.